The quantitative estimate of drug-likeness (QED) is 0.0223. The number of morpholine rings is 1. The molecule has 3 N–H and O–H groups in total. The lowest BCUT2D eigenvalue weighted by molar-refractivity contribution is -0.191. The molecule has 23 heteroatoms. The van der Waals surface area contributed by atoms with Gasteiger partial charge in [-0.25, -0.2) is 40.0 Å². The number of carbonyl (C=O) groups excluding carboxylic acids is 6. The standard InChI is InChI=1S/C19H19N3O.C18H22N4O3.C18H17N3O.C14H17N3O3.CO2/c1-3-20-19-17(18(23)15-7-5-4-6-8-15)22(13-21-19)16-11-9-14(2)10-12-16;1-3-25-18(23)16-17(19-12-21-8-10-24-11-9-21)20-13-22(16)15-6-4-14(2)5-7-15;1-13-8-10-15(11-9-13)21-12-20-18(19-2)16(21)17(22)14-6-4-3-5-7-14;1-4-20-14(18)12-13(16-19-3)15-9-17(12)11-7-5-10(2)6-8-11;2-1-3/h4-13,20H,3H2,1-2H3;4-7,12-13H,3,8-11H2,1-2H3;3-12,19H,1-2H3;5-9,16H,4H2,1-3H3;. The van der Waals surface area contributed by atoms with Crippen molar-refractivity contribution in [2.45, 2.75) is 48.5 Å². The molecular formula is C70H75N13O10. The van der Waals surface area contributed by atoms with E-state index in [0.717, 1.165) is 47.0 Å². The average molecular weight is 1260 g/mol. The fraction of sp³-hybridized carbons (Fsp3) is 0.229. The Kier molecular flexibility index (Phi) is 26.1. The first-order chi connectivity index (χ1) is 45.2. The van der Waals surface area contributed by atoms with Gasteiger partial charge in [-0.15, -0.1) is 0 Å². The molecule has 480 valence electrons. The molecule has 0 bridgehead atoms. The van der Waals surface area contributed by atoms with Crippen molar-refractivity contribution in [2.75, 3.05) is 76.3 Å². The van der Waals surface area contributed by atoms with Crippen LogP contribution in [0.1, 0.15) is 96.1 Å². The van der Waals surface area contributed by atoms with Crippen molar-refractivity contribution in [3.8, 4) is 22.7 Å². The summed E-state index contributed by atoms with van der Waals surface area (Å²) in [6.45, 7) is 17.8. The Morgan fingerprint density at radius 1 is 0.516 bits per heavy atom. The van der Waals surface area contributed by atoms with Gasteiger partial charge in [0, 0.05) is 60.6 Å². The number of nitrogens with one attached hydrogen (secondary N) is 3. The molecule has 0 radical (unpaired) electrons. The van der Waals surface area contributed by atoms with E-state index in [0.29, 0.717) is 90.1 Å². The Labute approximate surface area is 539 Å². The minimum atomic E-state index is -0.454. The van der Waals surface area contributed by atoms with Crippen molar-refractivity contribution in [2.24, 2.45) is 4.99 Å². The number of rotatable bonds is 19. The summed E-state index contributed by atoms with van der Waals surface area (Å²) in [4.78, 5) is 95.0. The first kappa shape index (κ1) is 69.1. The van der Waals surface area contributed by atoms with Crippen LogP contribution in [0.4, 0.5) is 23.3 Å². The number of carbonyl (C=O) groups is 4. The van der Waals surface area contributed by atoms with Gasteiger partial charge in [0.2, 0.25) is 11.6 Å². The van der Waals surface area contributed by atoms with Crippen LogP contribution in [0.2, 0.25) is 0 Å². The van der Waals surface area contributed by atoms with E-state index in [-0.39, 0.29) is 17.7 Å². The Morgan fingerprint density at radius 3 is 1.28 bits per heavy atom. The SMILES string of the molecule is CCNc1ncn(-c2ccc(C)cc2)c1C(=O)c1ccccc1.CCOC(=O)c1c(N=CN2CCOCC2)ncn1-c1ccc(C)cc1.CCOC(=O)c1c(NOC)ncn1-c1ccc(C)cc1.CNc1ncn(-c2ccc(C)cc2)c1C(=O)c1ccccc1.O=C=O. The van der Waals surface area contributed by atoms with Gasteiger partial charge in [-0.3, -0.25) is 32.7 Å². The molecule has 5 heterocycles. The number of anilines is 3. The van der Waals surface area contributed by atoms with E-state index in [2.05, 4.69) is 41.0 Å². The highest BCUT2D eigenvalue weighted by molar-refractivity contribution is 6.12. The molecule has 1 aliphatic rings. The van der Waals surface area contributed by atoms with E-state index in [9.17, 15) is 19.2 Å². The summed E-state index contributed by atoms with van der Waals surface area (Å²) in [7, 11) is 3.23. The van der Waals surface area contributed by atoms with Crippen molar-refractivity contribution in [3.63, 3.8) is 0 Å². The highest BCUT2D eigenvalue weighted by Crippen LogP contribution is 2.27. The molecule has 0 amide bonds. The van der Waals surface area contributed by atoms with E-state index in [1.807, 2.05) is 206 Å². The summed E-state index contributed by atoms with van der Waals surface area (Å²) in [5, 5.41) is 6.17. The van der Waals surface area contributed by atoms with Crippen molar-refractivity contribution < 1.29 is 47.8 Å². The summed E-state index contributed by atoms with van der Waals surface area (Å²) < 4.78 is 22.6. The number of benzene rings is 6. The fourth-order valence-corrected chi connectivity index (χ4v) is 9.23. The number of hydrogen-bond acceptors (Lipinski definition) is 18. The van der Waals surface area contributed by atoms with E-state index in [1.165, 1.54) is 18.2 Å². The van der Waals surface area contributed by atoms with Gasteiger partial charge in [0.05, 0.1) is 39.9 Å². The maximum atomic E-state index is 13.0. The summed E-state index contributed by atoms with van der Waals surface area (Å²) in [6.07, 6.45) is 8.49. The van der Waals surface area contributed by atoms with E-state index >= 15 is 0 Å². The first-order valence-corrected chi connectivity index (χ1v) is 29.9. The zero-order valence-electron chi connectivity index (χ0n) is 53.4. The zero-order chi connectivity index (χ0) is 66.7. The van der Waals surface area contributed by atoms with Crippen LogP contribution in [-0.4, -0.2) is 139 Å². The number of aryl methyl sites for hydroxylation is 4. The summed E-state index contributed by atoms with van der Waals surface area (Å²) >= 11 is 0. The second kappa shape index (κ2) is 35.1. The number of ether oxygens (including phenoxy) is 3. The Bertz CT molecular complexity index is 4070. The average Bonchev–Trinajstić information content (AvgIpc) is 1.83. The summed E-state index contributed by atoms with van der Waals surface area (Å²) in [5.41, 5.74) is 13.8. The molecule has 6 aromatic carbocycles. The second-order valence-corrected chi connectivity index (χ2v) is 20.5. The maximum Gasteiger partial charge on any atom is 0.373 e. The number of aromatic nitrogens is 8. The number of ketones is 2. The van der Waals surface area contributed by atoms with Gasteiger partial charge in [-0.1, -0.05) is 131 Å². The predicted octanol–water partition coefficient (Wildman–Crippen LogP) is 11.4. The maximum absolute atomic E-state index is 13.0. The molecule has 0 unspecified atom stereocenters. The van der Waals surface area contributed by atoms with E-state index in [4.69, 9.17) is 28.6 Å². The lowest BCUT2D eigenvalue weighted by Crippen LogP contribution is -2.35. The lowest BCUT2D eigenvalue weighted by Gasteiger charge is -2.23. The molecule has 0 saturated carbocycles. The van der Waals surface area contributed by atoms with Crippen LogP contribution < -0.4 is 16.1 Å². The van der Waals surface area contributed by atoms with E-state index in [1.54, 1.807) is 61.7 Å². The van der Waals surface area contributed by atoms with Crippen LogP contribution in [-0.2, 0) is 28.6 Å². The third-order valence-corrected chi connectivity index (χ3v) is 13.9. The third kappa shape index (κ3) is 18.6. The molecule has 0 atom stereocenters. The minimum Gasteiger partial charge on any atom is -0.461 e. The first-order valence-electron chi connectivity index (χ1n) is 29.9. The smallest absolute Gasteiger partial charge is 0.373 e. The van der Waals surface area contributed by atoms with Crippen molar-refractivity contribution >= 4 is 59.3 Å². The van der Waals surface area contributed by atoms with Crippen molar-refractivity contribution in [1.29, 1.82) is 0 Å². The highest BCUT2D eigenvalue weighted by atomic mass is 16.6. The lowest BCUT2D eigenvalue weighted by atomic mass is 10.1. The summed E-state index contributed by atoms with van der Waals surface area (Å²) in [5.74, 6) is 0.885. The Hall–Kier alpha value is -11.4. The van der Waals surface area contributed by atoms with Crippen molar-refractivity contribution in [1.82, 2.24) is 43.1 Å². The molecule has 23 nitrogen and oxygen atoms in total. The van der Waals surface area contributed by atoms with Gasteiger partial charge in [0.15, 0.2) is 34.7 Å². The van der Waals surface area contributed by atoms with Crippen LogP contribution in [0.3, 0.4) is 0 Å². The number of aliphatic imine (C=N–C) groups is 1. The van der Waals surface area contributed by atoms with Crippen molar-refractivity contribution in [3.05, 3.63) is 239 Å². The van der Waals surface area contributed by atoms with Crippen LogP contribution in [0.15, 0.2) is 188 Å². The van der Waals surface area contributed by atoms with Gasteiger partial charge in [-0.2, -0.15) is 9.59 Å². The monoisotopic (exact) mass is 1260 g/mol. The number of esters is 2. The Balaban J connectivity index is 0.000000174. The number of hydrogen-bond donors (Lipinski definition) is 3. The fourth-order valence-electron chi connectivity index (χ4n) is 9.23. The van der Waals surface area contributed by atoms with Gasteiger partial charge in [-0.05, 0) is 97.0 Å². The van der Waals surface area contributed by atoms with Gasteiger partial charge in [0.25, 0.3) is 0 Å². The normalized spacial score (nSPS) is 11.4. The topological polar surface area (TPSA) is 262 Å². The predicted molar refractivity (Wildman–Crippen MR) is 355 cm³/mol. The van der Waals surface area contributed by atoms with Gasteiger partial charge >= 0.3 is 18.1 Å². The third-order valence-electron chi connectivity index (χ3n) is 13.9. The summed E-state index contributed by atoms with van der Waals surface area (Å²) in [6, 6.07) is 50.2. The number of imidazole rings is 4. The van der Waals surface area contributed by atoms with Crippen LogP contribution in [0, 0.1) is 27.7 Å². The van der Waals surface area contributed by atoms with Crippen LogP contribution in [0.25, 0.3) is 22.7 Å². The molecule has 0 aliphatic carbocycles. The zero-order valence-corrected chi connectivity index (χ0v) is 53.4. The van der Waals surface area contributed by atoms with Gasteiger partial charge in [0.1, 0.15) is 36.7 Å². The molecule has 93 heavy (non-hydrogen) atoms. The van der Waals surface area contributed by atoms with E-state index < -0.39 is 11.9 Å². The molecule has 1 aliphatic heterocycles. The Morgan fingerprint density at radius 2 is 0.882 bits per heavy atom. The number of nitrogens with zero attached hydrogens (tertiary/aromatic N) is 10. The highest BCUT2D eigenvalue weighted by Gasteiger charge is 2.25. The molecular weight excluding hydrogens is 1180 g/mol. The molecule has 11 rings (SSSR count). The molecule has 4 aromatic heterocycles. The minimum absolute atomic E-state index is 0.0420. The molecule has 10 aromatic rings. The molecule has 1 saturated heterocycles. The van der Waals surface area contributed by atoms with Crippen LogP contribution >= 0.6 is 0 Å². The van der Waals surface area contributed by atoms with Gasteiger partial charge < -0.3 is 29.7 Å². The largest absolute Gasteiger partial charge is 0.461 e. The second-order valence-electron chi connectivity index (χ2n) is 20.5. The van der Waals surface area contributed by atoms with Crippen LogP contribution in [0.5, 0.6) is 0 Å². The molecule has 1 fully saturated rings. The molecule has 0 spiro atoms.